The summed E-state index contributed by atoms with van der Waals surface area (Å²) in [6.07, 6.45) is 1.47. The van der Waals surface area contributed by atoms with Crippen LogP contribution in [0.15, 0.2) is 24.4 Å². The van der Waals surface area contributed by atoms with Gasteiger partial charge in [0.2, 0.25) is 0 Å². The number of esters is 1. The van der Waals surface area contributed by atoms with Gasteiger partial charge in [-0.05, 0) is 6.07 Å². The van der Waals surface area contributed by atoms with Crippen molar-refractivity contribution in [3.05, 3.63) is 40.1 Å². The summed E-state index contributed by atoms with van der Waals surface area (Å²) in [5.41, 5.74) is 0.893. The fourth-order valence-electron chi connectivity index (χ4n) is 1.50. The van der Waals surface area contributed by atoms with E-state index in [2.05, 4.69) is 9.72 Å². The third-order valence-electron chi connectivity index (χ3n) is 2.28. The number of hydrogen-bond acceptors (Lipinski definition) is 4. The minimum atomic E-state index is -0.522. The Balaban J connectivity index is 2.64. The number of non-ortho nitro benzene ring substituents is 1. The number of benzene rings is 1. The summed E-state index contributed by atoms with van der Waals surface area (Å²) in [6, 6.07) is 4.28. The van der Waals surface area contributed by atoms with Crippen LogP contribution in [0.4, 0.5) is 5.69 Å². The predicted octanol–water partition coefficient (Wildman–Crippen LogP) is 1.86. The Bertz CT molecular complexity index is 573. The van der Waals surface area contributed by atoms with Crippen LogP contribution in [0.3, 0.4) is 0 Å². The SMILES string of the molecule is COC(=O)c1c[nH]c2ccc([N+](=O)[O-])cc12. The molecule has 16 heavy (non-hydrogen) atoms. The molecular formula is C10H8N2O4. The highest BCUT2D eigenvalue weighted by Crippen LogP contribution is 2.23. The summed E-state index contributed by atoms with van der Waals surface area (Å²) < 4.78 is 4.57. The molecular weight excluding hydrogens is 212 g/mol. The molecule has 0 aliphatic rings. The molecule has 0 radical (unpaired) electrons. The molecule has 0 spiro atoms. The molecule has 0 saturated heterocycles. The van der Waals surface area contributed by atoms with Crippen molar-refractivity contribution in [2.75, 3.05) is 7.11 Å². The van der Waals surface area contributed by atoms with E-state index in [9.17, 15) is 14.9 Å². The Hall–Kier alpha value is -2.37. The Kier molecular flexibility index (Phi) is 2.32. The van der Waals surface area contributed by atoms with E-state index in [1.165, 1.54) is 25.4 Å². The number of nitro benzene ring substituents is 1. The molecule has 1 N–H and O–H groups in total. The van der Waals surface area contributed by atoms with Crippen molar-refractivity contribution in [3.63, 3.8) is 0 Å². The maximum Gasteiger partial charge on any atom is 0.340 e. The normalized spacial score (nSPS) is 10.3. The van der Waals surface area contributed by atoms with E-state index in [0.717, 1.165) is 0 Å². The van der Waals surface area contributed by atoms with E-state index in [4.69, 9.17) is 0 Å². The maximum absolute atomic E-state index is 11.4. The molecule has 1 aromatic carbocycles. The van der Waals surface area contributed by atoms with Gasteiger partial charge in [-0.15, -0.1) is 0 Å². The van der Waals surface area contributed by atoms with E-state index < -0.39 is 10.9 Å². The van der Waals surface area contributed by atoms with Gasteiger partial charge in [0.05, 0.1) is 17.6 Å². The Morgan fingerprint density at radius 2 is 2.25 bits per heavy atom. The fourth-order valence-corrected chi connectivity index (χ4v) is 1.50. The van der Waals surface area contributed by atoms with Gasteiger partial charge in [0.15, 0.2) is 0 Å². The Labute approximate surface area is 90.0 Å². The molecule has 1 aromatic heterocycles. The zero-order chi connectivity index (χ0) is 11.7. The second-order valence-electron chi connectivity index (χ2n) is 3.18. The zero-order valence-electron chi connectivity index (χ0n) is 8.39. The van der Waals surface area contributed by atoms with Crippen molar-refractivity contribution in [2.45, 2.75) is 0 Å². The molecule has 0 bridgehead atoms. The summed E-state index contributed by atoms with van der Waals surface area (Å²) in [5.74, 6) is -0.522. The van der Waals surface area contributed by atoms with E-state index in [-0.39, 0.29) is 5.69 Å². The molecule has 0 unspecified atom stereocenters. The lowest BCUT2D eigenvalue weighted by molar-refractivity contribution is -0.384. The fraction of sp³-hybridized carbons (Fsp3) is 0.100. The van der Waals surface area contributed by atoms with Crippen LogP contribution in [0.5, 0.6) is 0 Å². The standard InChI is InChI=1S/C10H8N2O4/c1-16-10(13)8-5-11-9-3-2-6(12(14)15)4-7(8)9/h2-5,11H,1H3. The number of fused-ring (bicyclic) bond motifs is 1. The monoisotopic (exact) mass is 220 g/mol. The molecule has 6 nitrogen and oxygen atoms in total. The number of ether oxygens (including phenoxy) is 1. The number of aromatic nitrogens is 1. The third kappa shape index (κ3) is 1.50. The number of methoxy groups -OCH3 is 1. The van der Waals surface area contributed by atoms with E-state index >= 15 is 0 Å². The molecule has 6 heteroatoms. The van der Waals surface area contributed by atoms with Gasteiger partial charge in [0, 0.05) is 29.2 Å². The van der Waals surface area contributed by atoms with E-state index in [0.29, 0.717) is 16.5 Å². The summed E-state index contributed by atoms with van der Waals surface area (Å²) in [6.45, 7) is 0. The molecule has 0 fully saturated rings. The molecule has 2 aromatic rings. The van der Waals surface area contributed by atoms with Gasteiger partial charge in [-0.3, -0.25) is 10.1 Å². The first-order valence-electron chi connectivity index (χ1n) is 4.47. The van der Waals surface area contributed by atoms with Crippen LogP contribution in [0.25, 0.3) is 10.9 Å². The highest BCUT2D eigenvalue weighted by Gasteiger charge is 2.15. The summed E-state index contributed by atoms with van der Waals surface area (Å²) in [7, 11) is 1.26. The van der Waals surface area contributed by atoms with Gasteiger partial charge < -0.3 is 9.72 Å². The summed E-state index contributed by atoms with van der Waals surface area (Å²) in [5, 5.41) is 11.1. The number of H-pyrrole nitrogens is 1. The predicted molar refractivity (Wildman–Crippen MR) is 56.3 cm³/mol. The number of carbonyl (C=O) groups is 1. The smallest absolute Gasteiger partial charge is 0.340 e. The van der Waals surface area contributed by atoms with E-state index in [1.807, 2.05) is 0 Å². The van der Waals surface area contributed by atoms with Crippen LogP contribution < -0.4 is 0 Å². The number of hydrogen-bond donors (Lipinski definition) is 1. The molecule has 0 saturated carbocycles. The summed E-state index contributed by atoms with van der Waals surface area (Å²) in [4.78, 5) is 24.3. The maximum atomic E-state index is 11.4. The van der Waals surface area contributed by atoms with Crippen molar-refractivity contribution < 1.29 is 14.5 Å². The third-order valence-corrected chi connectivity index (χ3v) is 2.28. The van der Waals surface area contributed by atoms with Crippen molar-refractivity contribution in [3.8, 4) is 0 Å². The lowest BCUT2D eigenvalue weighted by Gasteiger charge is -1.96. The lowest BCUT2D eigenvalue weighted by atomic mass is 10.1. The molecule has 0 aliphatic heterocycles. The molecule has 0 atom stereocenters. The molecule has 2 rings (SSSR count). The second kappa shape index (κ2) is 3.65. The van der Waals surface area contributed by atoms with Crippen molar-refractivity contribution in [2.24, 2.45) is 0 Å². The number of nitro groups is 1. The summed E-state index contributed by atoms with van der Waals surface area (Å²) >= 11 is 0. The van der Waals surface area contributed by atoms with Crippen LogP contribution in [-0.2, 0) is 4.74 Å². The van der Waals surface area contributed by atoms with E-state index in [1.54, 1.807) is 6.07 Å². The average molecular weight is 220 g/mol. The van der Waals surface area contributed by atoms with Crippen molar-refractivity contribution in [1.82, 2.24) is 4.98 Å². The van der Waals surface area contributed by atoms with Crippen LogP contribution in [0, 0.1) is 10.1 Å². The van der Waals surface area contributed by atoms with Gasteiger partial charge in [0.1, 0.15) is 0 Å². The Morgan fingerprint density at radius 1 is 1.50 bits per heavy atom. The average Bonchev–Trinajstić information content (AvgIpc) is 2.70. The molecule has 82 valence electrons. The number of nitrogens with one attached hydrogen (secondary N) is 1. The quantitative estimate of drug-likeness (QED) is 0.475. The molecule has 0 amide bonds. The Morgan fingerprint density at radius 3 is 2.88 bits per heavy atom. The van der Waals surface area contributed by atoms with Gasteiger partial charge in [-0.25, -0.2) is 4.79 Å². The number of nitrogens with zero attached hydrogens (tertiary/aromatic N) is 1. The van der Waals surface area contributed by atoms with Gasteiger partial charge in [-0.2, -0.15) is 0 Å². The van der Waals surface area contributed by atoms with Gasteiger partial charge in [-0.1, -0.05) is 0 Å². The van der Waals surface area contributed by atoms with Crippen LogP contribution in [-0.4, -0.2) is 23.0 Å². The first kappa shape index (κ1) is 10.2. The van der Waals surface area contributed by atoms with Gasteiger partial charge >= 0.3 is 5.97 Å². The second-order valence-corrected chi connectivity index (χ2v) is 3.18. The molecule has 1 heterocycles. The first-order chi connectivity index (χ1) is 7.63. The van der Waals surface area contributed by atoms with Gasteiger partial charge in [0.25, 0.3) is 5.69 Å². The highest BCUT2D eigenvalue weighted by atomic mass is 16.6. The molecule has 0 aliphatic carbocycles. The van der Waals surface area contributed by atoms with Crippen LogP contribution >= 0.6 is 0 Å². The first-order valence-corrected chi connectivity index (χ1v) is 4.47. The highest BCUT2D eigenvalue weighted by molar-refractivity contribution is 6.04. The van der Waals surface area contributed by atoms with Crippen molar-refractivity contribution >= 4 is 22.6 Å². The zero-order valence-corrected chi connectivity index (χ0v) is 8.39. The number of aromatic amines is 1. The largest absolute Gasteiger partial charge is 0.465 e. The lowest BCUT2D eigenvalue weighted by Crippen LogP contribution is -1.99. The number of carbonyl (C=O) groups excluding carboxylic acids is 1. The minimum absolute atomic E-state index is 0.0581. The number of rotatable bonds is 2. The topological polar surface area (TPSA) is 85.2 Å². The van der Waals surface area contributed by atoms with Crippen LogP contribution in [0.2, 0.25) is 0 Å². The minimum Gasteiger partial charge on any atom is -0.465 e. The van der Waals surface area contributed by atoms with Crippen molar-refractivity contribution in [1.29, 1.82) is 0 Å². The van der Waals surface area contributed by atoms with Crippen LogP contribution in [0.1, 0.15) is 10.4 Å².